The number of hydrogen-bond donors (Lipinski definition) is 2. The maximum absolute atomic E-state index is 8.77. The van der Waals surface area contributed by atoms with Gasteiger partial charge in [-0.1, -0.05) is 0 Å². The zero-order chi connectivity index (χ0) is 9.42. The van der Waals surface area contributed by atoms with Gasteiger partial charge in [0.1, 0.15) is 6.07 Å². The molecule has 0 radical (unpaired) electrons. The molecule has 0 amide bonds. The van der Waals surface area contributed by atoms with Gasteiger partial charge in [-0.2, -0.15) is 5.26 Å². The monoisotopic (exact) mass is 252 g/mol. The van der Waals surface area contributed by atoms with Crippen molar-refractivity contribution < 1.29 is 0 Å². The minimum absolute atomic E-state index is 0.627. The Morgan fingerprint density at radius 3 is 2.92 bits per heavy atom. The standard InChI is InChI=1S/C9H5BrN2S/c10-7-2-6-8(1-5(7)3-11)12-4-9(6)13/h1-2,4,12-13H. The van der Waals surface area contributed by atoms with Crippen molar-refractivity contribution in [2.24, 2.45) is 0 Å². The zero-order valence-corrected chi connectivity index (χ0v) is 8.98. The number of benzene rings is 1. The molecule has 0 atom stereocenters. The molecule has 2 nitrogen and oxygen atoms in total. The number of thiol groups is 1. The van der Waals surface area contributed by atoms with Gasteiger partial charge in [-0.05, 0) is 28.1 Å². The van der Waals surface area contributed by atoms with E-state index in [9.17, 15) is 0 Å². The highest BCUT2D eigenvalue weighted by Crippen LogP contribution is 2.27. The lowest BCUT2D eigenvalue weighted by atomic mass is 10.2. The molecular formula is C9H5BrN2S. The first-order chi connectivity index (χ1) is 6.22. The number of hydrogen-bond acceptors (Lipinski definition) is 2. The molecule has 0 aliphatic rings. The van der Waals surface area contributed by atoms with E-state index in [1.54, 1.807) is 12.3 Å². The number of H-pyrrole nitrogens is 1. The van der Waals surface area contributed by atoms with Crippen molar-refractivity contribution in [3.63, 3.8) is 0 Å². The van der Waals surface area contributed by atoms with Gasteiger partial charge in [0, 0.05) is 26.5 Å². The van der Waals surface area contributed by atoms with Crippen LogP contribution in [-0.2, 0) is 0 Å². The van der Waals surface area contributed by atoms with Crippen LogP contribution in [0.3, 0.4) is 0 Å². The summed E-state index contributed by atoms with van der Waals surface area (Å²) >= 11 is 7.60. The predicted molar refractivity (Wildman–Crippen MR) is 58.0 cm³/mol. The Morgan fingerprint density at radius 1 is 1.46 bits per heavy atom. The highest BCUT2D eigenvalue weighted by atomic mass is 79.9. The number of nitrogens with one attached hydrogen (secondary N) is 1. The molecule has 2 rings (SSSR count). The van der Waals surface area contributed by atoms with Gasteiger partial charge in [-0.25, -0.2) is 0 Å². The smallest absolute Gasteiger partial charge is 0.100 e. The van der Waals surface area contributed by atoms with E-state index in [1.165, 1.54) is 0 Å². The number of aromatic amines is 1. The molecular weight excluding hydrogens is 248 g/mol. The maximum atomic E-state index is 8.77. The Balaban J connectivity index is 2.85. The average Bonchev–Trinajstić information content (AvgIpc) is 2.47. The maximum Gasteiger partial charge on any atom is 0.100 e. The highest BCUT2D eigenvalue weighted by molar-refractivity contribution is 9.10. The fourth-order valence-corrected chi connectivity index (χ4v) is 1.90. The molecule has 13 heavy (non-hydrogen) atoms. The van der Waals surface area contributed by atoms with Gasteiger partial charge < -0.3 is 4.98 Å². The topological polar surface area (TPSA) is 39.6 Å². The molecule has 1 aromatic heterocycles. The van der Waals surface area contributed by atoms with Gasteiger partial charge in [0.05, 0.1) is 5.56 Å². The summed E-state index contributed by atoms with van der Waals surface area (Å²) < 4.78 is 0.803. The summed E-state index contributed by atoms with van der Waals surface area (Å²) in [5, 5.41) is 9.79. The second-order valence-electron chi connectivity index (χ2n) is 2.66. The predicted octanol–water partition coefficient (Wildman–Crippen LogP) is 3.09. The molecule has 2 aromatic rings. The fraction of sp³-hybridized carbons (Fsp3) is 0. The summed E-state index contributed by atoms with van der Waals surface area (Å²) in [6.07, 6.45) is 1.81. The molecule has 0 aliphatic heterocycles. The summed E-state index contributed by atoms with van der Waals surface area (Å²) in [5.74, 6) is 0. The number of aromatic nitrogens is 1. The third-order valence-corrected chi connectivity index (χ3v) is 2.89. The summed E-state index contributed by atoms with van der Waals surface area (Å²) in [6.45, 7) is 0. The molecule has 0 spiro atoms. The Labute approximate surface area is 89.1 Å². The lowest BCUT2D eigenvalue weighted by molar-refractivity contribution is 1.42. The van der Waals surface area contributed by atoms with Crippen LogP contribution in [0.5, 0.6) is 0 Å². The summed E-state index contributed by atoms with van der Waals surface area (Å²) in [6, 6.07) is 5.81. The van der Waals surface area contributed by atoms with E-state index < -0.39 is 0 Å². The number of nitriles is 1. The van der Waals surface area contributed by atoms with Crippen molar-refractivity contribution in [3.05, 3.63) is 28.4 Å². The first-order valence-corrected chi connectivity index (χ1v) is 4.86. The Kier molecular flexibility index (Phi) is 2.06. The van der Waals surface area contributed by atoms with Crippen molar-refractivity contribution in [2.75, 3.05) is 0 Å². The van der Waals surface area contributed by atoms with Crippen LogP contribution < -0.4 is 0 Å². The Hall–Kier alpha value is -0.920. The van der Waals surface area contributed by atoms with E-state index in [-0.39, 0.29) is 0 Å². The third kappa shape index (κ3) is 1.34. The first-order valence-electron chi connectivity index (χ1n) is 3.62. The van der Waals surface area contributed by atoms with Crippen LogP contribution in [0, 0.1) is 11.3 Å². The summed E-state index contributed by atoms with van der Waals surface area (Å²) in [7, 11) is 0. The summed E-state index contributed by atoms with van der Waals surface area (Å²) in [5.41, 5.74) is 1.56. The van der Waals surface area contributed by atoms with Crippen LogP contribution in [0.2, 0.25) is 0 Å². The van der Waals surface area contributed by atoms with Gasteiger partial charge in [0.2, 0.25) is 0 Å². The molecule has 1 heterocycles. The number of rotatable bonds is 0. The molecule has 1 N–H and O–H groups in total. The molecule has 0 unspecified atom stereocenters. The van der Waals surface area contributed by atoms with E-state index in [0.29, 0.717) is 5.56 Å². The van der Waals surface area contributed by atoms with Crippen LogP contribution in [0.15, 0.2) is 27.7 Å². The van der Waals surface area contributed by atoms with Gasteiger partial charge >= 0.3 is 0 Å². The molecule has 1 aromatic carbocycles. The lowest BCUT2D eigenvalue weighted by Crippen LogP contribution is -1.77. The van der Waals surface area contributed by atoms with E-state index in [1.807, 2.05) is 6.07 Å². The van der Waals surface area contributed by atoms with E-state index in [4.69, 9.17) is 5.26 Å². The van der Waals surface area contributed by atoms with Crippen molar-refractivity contribution >= 4 is 39.5 Å². The van der Waals surface area contributed by atoms with Crippen LogP contribution >= 0.6 is 28.6 Å². The van der Waals surface area contributed by atoms with Crippen molar-refractivity contribution in [1.82, 2.24) is 4.98 Å². The lowest BCUT2D eigenvalue weighted by Gasteiger charge is -1.95. The van der Waals surface area contributed by atoms with Gasteiger partial charge in [0.15, 0.2) is 0 Å². The molecule has 0 bridgehead atoms. The minimum atomic E-state index is 0.627. The van der Waals surface area contributed by atoms with Gasteiger partial charge in [-0.15, -0.1) is 12.6 Å². The minimum Gasteiger partial charge on any atom is -0.360 e. The number of halogens is 1. The Morgan fingerprint density at radius 2 is 2.23 bits per heavy atom. The van der Waals surface area contributed by atoms with Crippen molar-refractivity contribution in [1.29, 1.82) is 5.26 Å². The fourth-order valence-electron chi connectivity index (χ4n) is 1.21. The molecule has 0 saturated carbocycles. The van der Waals surface area contributed by atoms with E-state index >= 15 is 0 Å². The SMILES string of the molecule is N#Cc1cc2[nH]cc(S)c2cc1Br. The average molecular weight is 253 g/mol. The molecule has 0 saturated heterocycles. The molecule has 0 fully saturated rings. The quantitative estimate of drug-likeness (QED) is 0.696. The number of nitrogens with zero attached hydrogens (tertiary/aromatic N) is 1. The van der Waals surface area contributed by atoms with E-state index in [2.05, 4.69) is 39.6 Å². The molecule has 64 valence electrons. The number of fused-ring (bicyclic) bond motifs is 1. The Bertz CT molecular complexity index is 510. The van der Waals surface area contributed by atoms with Crippen LogP contribution in [0.4, 0.5) is 0 Å². The first kappa shape index (κ1) is 8.67. The third-order valence-electron chi connectivity index (χ3n) is 1.87. The molecule has 4 heteroatoms. The van der Waals surface area contributed by atoms with Gasteiger partial charge in [0.25, 0.3) is 0 Å². The normalized spacial score (nSPS) is 10.2. The van der Waals surface area contributed by atoms with E-state index in [0.717, 1.165) is 20.3 Å². The highest BCUT2D eigenvalue weighted by Gasteiger charge is 2.05. The van der Waals surface area contributed by atoms with Crippen molar-refractivity contribution in [3.8, 4) is 6.07 Å². The van der Waals surface area contributed by atoms with Crippen LogP contribution in [0.1, 0.15) is 5.56 Å². The second-order valence-corrected chi connectivity index (χ2v) is 4.00. The second kappa shape index (κ2) is 3.09. The van der Waals surface area contributed by atoms with Crippen LogP contribution in [0.25, 0.3) is 10.9 Å². The van der Waals surface area contributed by atoms with Gasteiger partial charge in [-0.3, -0.25) is 0 Å². The van der Waals surface area contributed by atoms with Crippen molar-refractivity contribution in [2.45, 2.75) is 4.90 Å². The summed E-state index contributed by atoms with van der Waals surface area (Å²) in [4.78, 5) is 3.93. The largest absolute Gasteiger partial charge is 0.360 e. The van der Waals surface area contributed by atoms with Crippen LogP contribution in [-0.4, -0.2) is 4.98 Å². The molecule has 0 aliphatic carbocycles. The zero-order valence-electron chi connectivity index (χ0n) is 6.50.